The summed E-state index contributed by atoms with van der Waals surface area (Å²) in [5, 5.41) is 8.24. The number of nitrogens with zero attached hydrogens (tertiary/aromatic N) is 2. The highest BCUT2D eigenvalue weighted by atomic mass is 35.5. The summed E-state index contributed by atoms with van der Waals surface area (Å²) in [6.45, 7) is 0. The quantitative estimate of drug-likeness (QED) is 0.917. The molecule has 6 heteroatoms. The molecule has 0 aliphatic heterocycles. The Morgan fingerprint density at radius 2 is 2.35 bits per heavy atom. The number of aryl methyl sites for hydroxylation is 1. The van der Waals surface area contributed by atoms with E-state index in [0.717, 1.165) is 12.8 Å². The predicted octanol–water partition coefficient (Wildman–Crippen LogP) is 2.13. The lowest BCUT2D eigenvalue weighted by Crippen LogP contribution is -2.23. The predicted molar refractivity (Wildman–Crippen MR) is 73.1 cm³/mol. The Bertz CT molecular complexity index is 463. The van der Waals surface area contributed by atoms with Crippen molar-refractivity contribution >= 4 is 29.1 Å². The zero-order chi connectivity index (χ0) is 12.4. The molecular weight excluding hydrogens is 258 g/mol. The fourth-order valence-corrected chi connectivity index (χ4v) is 3.14. The van der Waals surface area contributed by atoms with Crippen LogP contribution >= 0.6 is 23.4 Å². The Morgan fingerprint density at radius 1 is 1.59 bits per heavy atom. The van der Waals surface area contributed by atoms with Crippen molar-refractivity contribution in [1.29, 1.82) is 0 Å². The fourth-order valence-electron chi connectivity index (χ4n) is 2.12. The number of hydrogen-bond acceptors (Lipinski definition) is 4. The average Bonchev–Trinajstić information content (AvgIpc) is 2.78. The zero-order valence-corrected chi connectivity index (χ0v) is 11.5. The van der Waals surface area contributed by atoms with Gasteiger partial charge in [-0.15, -0.1) is 0 Å². The third-order valence-corrected chi connectivity index (χ3v) is 4.62. The second-order valence-electron chi connectivity index (χ2n) is 4.31. The molecule has 1 aromatic rings. The lowest BCUT2D eigenvalue weighted by molar-refractivity contribution is 0.701. The summed E-state index contributed by atoms with van der Waals surface area (Å²) in [5.74, 6) is 0. The van der Waals surface area contributed by atoms with Crippen molar-refractivity contribution < 1.29 is 0 Å². The molecule has 2 unspecified atom stereocenters. The molecule has 1 fully saturated rings. The highest BCUT2D eigenvalue weighted by Gasteiger charge is 2.24. The first-order valence-corrected chi connectivity index (χ1v) is 7.29. The molecule has 0 aromatic carbocycles. The normalized spacial score (nSPS) is 23.9. The van der Waals surface area contributed by atoms with Crippen LogP contribution in [0.15, 0.2) is 11.0 Å². The first kappa shape index (κ1) is 12.8. The highest BCUT2D eigenvalue weighted by Crippen LogP contribution is 2.31. The Morgan fingerprint density at radius 3 is 3.00 bits per heavy atom. The number of halogens is 1. The molecule has 0 radical (unpaired) electrons. The van der Waals surface area contributed by atoms with Gasteiger partial charge in [0.2, 0.25) is 0 Å². The molecule has 94 valence electrons. The van der Waals surface area contributed by atoms with E-state index in [-0.39, 0.29) is 10.6 Å². The summed E-state index contributed by atoms with van der Waals surface area (Å²) in [6, 6.07) is 0.402. The van der Waals surface area contributed by atoms with Crippen molar-refractivity contribution in [2.45, 2.75) is 30.6 Å². The average molecular weight is 274 g/mol. The van der Waals surface area contributed by atoms with Gasteiger partial charge in [-0.1, -0.05) is 11.6 Å². The summed E-state index contributed by atoms with van der Waals surface area (Å²) in [4.78, 5) is 11.6. The van der Waals surface area contributed by atoms with Crippen LogP contribution in [0.4, 0.5) is 5.69 Å². The second-order valence-corrected chi connectivity index (χ2v) is 5.83. The highest BCUT2D eigenvalue weighted by molar-refractivity contribution is 7.99. The van der Waals surface area contributed by atoms with Crippen molar-refractivity contribution in [3.63, 3.8) is 0 Å². The molecule has 1 heterocycles. The van der Waals surface area contributed by atoms with E-state index >= 15 is 0 Å². The first-order chi connectivity index (χ1) is 8.11. The minimum Gasteiger partial charge on any atom is -0.380 e. The van der Waals surface area contributed by atoms with E-state index in [1.54, 1.807) is 13.2 Å². The number of anilines is 1. The van der Waals surface area contributed by atoms with E-state index in [2.05, 4.69) is 16.7 Å². The Kier molecular flexibility index (Phi) is 3.99. The Hall–Kier alpha value is -0.680. The molecule has 0 bridgehead atoms. The molecule has 1 N–H and O–H groups in total. The summed E-state index contributed by atoms with van der Waals surface area (Å²) in [6.07, 6.45) is 7.22. The maximum atomic E-state index is 11.6. The van der Waals surface area contributed by atoms with E-state index in [1.165, 1.54) is 11.1 Å². The molecule has 0 spiro atoms. The van der Waals surface area contributed by atoms with E-state index in [0.29, 0.717) is 17.0 Å². The van der Waals surface area contributed by atoms with Gasteiger partial charge in [-0.3, -0.25) is 4.79 Å². The van der Waals surface area contributed by atoms with Crippen LogP contribution < -0.4 is 10.9 Å². The first-order valence-electron chi connectivity index (χ1n) is 5.63. The molecular formula is C11H16ClN3OS. The van der Waals surface area contributed by atoms with Gasteiger partial charge in [-0.05, 0) is 25.5 Å². The molecule has 2 rings (SSSR count). The molecule has 2 atom stereocenters. The number of thioether (sulfide) groups is 1. The smallest absolute Gasteiger partial charge is 0.287 e. The monoisotopic (exact) mass is 273 g/mol. The Labute approximate surface area is 110 Å². The maximum absolute atomic E-state index is 11.6. The molecule has 17 heavy (non-hydrogen) atoms. The SMILES string of the molecule is CSC1CCC(Nc2cnn(C)c(=O)c2Cl)C1. The van der Waals surface area contributed by atoms with Gasteiger partial charge in [-0.25, -0.2) is 4.68 Å². The van der Waals surface area contributed by atoms with Gasteiger partial charge in [0.1, 0.15) is 5.02 Å². The lowest BCUT2D eigenvalue weighted by Gasteiger charge is -2.15. The van der Waals surface area contributed by atoms with E-state index in [4.69, 9.17) is 11.6 Å². The molecule has 0 saturated heterocycles. The van der Waals surface area contributed by atoms with Crippen LogP contribution in [-0.4, -0.2) is 27.3 Å². The fraction of sp³-hybridized carbons (Fsp3) is 0.636. The summed E-state index contributed by atoms with van der Waals surface area (Å²) < 4.78 is 1.24. The molecule has 4 nitrogen and oxygen atoms in total. The van der Waals surface area contributed by atoms with Crippen molar-refractivity contribution in [3.05, 3.63) is 21.6 Å². The Balaban J connectivity index is 2.10. The summed E-state index contributed by atoms with van der Waals surface area (Å²) in [5.41, 5.74) is 0.401. The number of nitrogens with one attached hydrogen (secondary N) is 1. The van der Waals surface area contributed by atoms with Crippen LogP contribution in [0.25, 0.3) is 0 Å². The number of aromatic nitrogens is 2. The van der Waals surface area contributed by atoms with Gasteiger partial charge in [0.15, 0.2) is 0 Å². The van der Waals surface area contributed by atoms with Gasteiger partial charge < -0.3 is 5.32 Å². The third-order valence-electron chi connectivity index (χ3n) is 3.16. The van der Waals surface area contributed by atoms with Crippen LogP contribution in [0.2, 0.25) is 5.02 Å². The molecule has 1 aliphatic rings. The lowest BCUT2D eigenvalue weighted by atomic mass is 10.2. The van der Waals surface area contributed by atoms with E-state index in [9.17, 15) is 4.79 Å². The van der Waals surface area contributed by atoms with Crippen molar-refractivity contribution in [2.75, 3.05) is 11.6 Å². The topological polar surface area (TPSA) is 46.9 Å². The van der Waals surface area contributed by atoms with Crippen LogP contribution in [0.3, 0.4) is 0 Å². The minimum absolute atomic E-state index is 0.232. The second kappa shape index (κ2) is 5.31. The van der Waals surface area contributed by atoms with E-state index < -0.39 is 0 Å². The summed E-state index contributed by atoms with van der Waals surface area (Å²) in [7, 11) is 1.59. The van der Waals surface area contributed by atoms with Crippen LogP contribution in [0.5, 0.6) is 0 Å². The number of rotatable bonds is 3. The van der Waals surface area contributed by atoms with Crippen molar-refractivity contribution in [1.82, 2.24) is 9.78 Å². The van der Waals surface area contributed by atoms with Gasteiger partial charge in [0, 0.05) is 18.3 Å². The third kappa shape index (κ3) is 2.77. The zero-order valence-electron chi connectivity index (χ0n) is 9.94. The molecule has 1 saturated carbocycles. The largest absolute Gasteiger partial charge is 0.380 e. The number of hydrogen-bond donors (Lipinski definition) is 1. The minimum atomic E-state index is -0.254. The van der Waals surface area contributed by atoms with Gasteiger partial charge in [-0.2, -0.15) is 16.9 Å². The van der Waals surface area contributed by atoms with Gasteiger partial charge >= 0.3 is 0 Å². The van der Waals surface area contributed by atoms with Crippen LogP contribution in [-0.2, 0) is 7.05 Å². The van der Waals surface area contributed by atoms with Crippen molar-refractivity contribution in [3.8, 4) is 0 Å². The van der Waals surface area contributed by atoms with Crippen molar-refractivity contribution in [2.24, 2.45) is 7.05 Å². The standard InChI is InChI=1S/C11H16ClN3OS/c1-15-11(16)10(12)9(6-13-15)14-7-3-4-8(5-7)17-2/h6-8,14H,3-5H2,1-2H3. The molecule has 1 aromatic heterocycles. The molecule has 1 aliphatic carbocycles. The van der Waals surface area contributed by atoms with Gasteiger partial charge in [0.05, 0.1) is 11.9 Å². The van der Waals surface area contributed by atoms with Crippen LogP contribution in [0, 0.1) is 0 Å². The van der Waals surface area contributed by atoms with Crippen LogP contribution in [0.1, 0.15) is 19.3 Å². The van der Waals surface area contributed by atoms with E-state index in [1.807, 2.05) is 11.8 Å². The maximum Gasteiger partial charge on any atom is 0.287 e. The summed E-state index contributed by atoms with van der Waals surface area (Å²) >= 11 is 7.91. The van der Waals surface area contributed by atoms with Gasteiger partial charge in [0.25, 0.3) is 5.56 Å². The molecule has 0 amide bonds.